The molecule has 0 bridgehead atoms. The van der Waals surface area contributed by atoms with E-state index in [4.69, 9.17) is 6.42 Å². The third-order valence-electron chi connectivity index (χ3n) is 4.21. The maximum atomic E-state index is 12.4. The first kappa shape index (κ1) is 13.4. The predicted octanol–water partition coefficient (Wildman–Crippen LogP) is 2.14. The van der Waals surface area contributed by atoms with Gasteiger partial charge in [-0.3, -0.25) is 4.74 Å². The van der Waals surface area contributed by atoms with E-state index in [-0.39, 0.29) is 5.84 Å². The zero-order valence-corrected chi connectivity index (χ0v) is 11.6. The Labute approximate surface area is 113 Å². The van der Waals surface area contributed by atoms with E-state index < -0.39 is 11.1 Å². The highest BCUT2D eigenvalue weighted by Gasteiger charge is 2.59. The minimum Gasteiger partial charge on any atom is -0.714 e. The Morgan fingerprint density at radius 1 is 1.21 bits per heavy atom. The van der Waals surface area contributed by atoms with E-state index >= 15 is 0 Å². The van der Waals surface area contributed by atoms with E-state index in [1.54, 1.807) is 52.0 Å². The van der Waals surface area contributed by atoms with Crippen LogP contribution in [0.25, 0.3) is 0 Å². The summed E-state index contributed by atoms with van der Waals surface area (Å²) in [4.78, 5) is 0. The van der Waals surface area contributed by atoms with Gasteiger partial charge in [0.2, 0.25) is 0 Å². The van der Waals surface area contributed by atoms with Gasteiger partial charge in [-0.2, -0.15) is 0 Å². The van der Waals surface area contributed by atoms with Crippen molar-refractivity contribution in [2.24, 2.45) is 0 Å². The number of hydrogen-bond donors (Lipinski definition) is 0. The summed E-state index contributed by atoms with van der Waals surface area (Å²) in [5.41, 5.74) is -0.289. The molecule has 0 amide bonds. The van der Waals surface area contributed by atoms with Crippen molar-refractivity contribution in [3.63, 3.8) is 0 Å². The quantitative estimate of drug-likeness (QED) is 0.439. The standard InChI is InChI=1S/C15H17N2O2/c1-6-11-7-9-12(10-8-11)13-16(18)14(2,3)15(4,5)17(13)19/h1,7-10H,2-5H3. The van der Waals surface area contributed by atoms with Crippen LogP contribution in [0.2, 0.25) is 0 Å². The first-order chi connectivity index (χ1) is 8.73. The molecule has 1 aromatic carbocycles. The number of nitrogens with zero attached hydrogens (tertiary/aromatic N) is 2. The number of rotatable bonds is 1. The topological polar surface area (TPSA) is 49.2 Å². The molecule has 0 N–H and O–H groups in total. The molecule has 99 valence electrons. The zero-order chi connectivity index (χ0) is 14.4. The summed E-state index contributed by atoms with van der Waals surface area (Å²) in [6.07, 6.45) is 5.29. The first-order valence-electron chi connectivity index (χ1n) is 6.12. The highest BCUT2D eigenvalue weighted by atomic mass is 16.5. The summed E-state index contributed by atoms with van der Waals surface area (Å²) >= 11 is 0. The lowest BCUT2D eigenvalue weighted by Crippen LogP contribution is -2.53. The number of hydrogen-bond acceptors (Lipinski definition) is 2. The Hall–Kier alpha value is -1.99. The van der Waals surface area contributed by atoms with Gasteiger partial charge in [-0.25, -0.2) is 0 Å². The van der Waals surface area contributed by atoms with Gasteiger partial charge < -0.3 is 5.21 Å². The van der Waals surface area contributed by atoms with Crippen LogP contribution < -0.4 is 0 Å². The third kappa shape index (κ3) is 1.70. The number of amidine groups is 1. The summed E-state index contributed by atoms with van der Waals surface area (Å²) in [5, 5.41) is 25.6. The Balaban J connectivity index is 2.55. The van der Waals surface area contributed by atoms with Crippen LogP contribution in [0.4, 0.5) is 0 Å². The van der Waals surface area contributed by atoms with Crippen molar-refractivity contribution in [2.75, 3.05) is 0 Å². The molecule has 1 radical (unpaired) electrons. The van der Waals surface area contributed by atoms with Crippen molar-refractivity contribution in [3.05, 3.63) is 40.6 Å². The molecule has 1 heterocycles. The molecule has 0 spiro atoms. The molecule has 0 unspecified atom stereocenters. The molecule has 0 aromatic heterocycles. The molecule has 0 fully saturated rings. The van der Waals surface area contributed by atoms with E-state index in [0.29, 0.717) is 5.56 Å². The van der Waals surface area contributed by atoms with E-state index in [2.05, 4.69) is 5.92 Å². The maximum absolute atomic E-state index is 12.4. The fraction of sp³-hybridized carbons (Fsp3) is 0.400. The zero-order valence-electron chi connectivity index (χ0n) is 11.6. The van der Waals surface area contributed by atoms with Crippen molar-refractivity contribution in [2.45, 2.75) is 38.8 Å². The Morgan fingerprint density at radius 3 is 2.11 bits per heavy atom. The lowest BCUT2D eigenvalue weighted by Gasteiger charge is -2.32. The van der Waals surface area contributed by atoms with Crippen molar-refractivity contribution in [1.29, 1.82) is 0 Å². The van der Waals surface area contributed by atoms with Gasteiger partial charge in [0.05, 0.1) is 5.56 Å². The molecular weight excluding hydrogens is 240 g/mol. The van der Waals surface area contributed by atoms with Crippen LogP contribution in [-0.4, -0.2) is 26.7 Å². The molecule has 1 aliphatic rings. The molecule has 1 aromatic rings. The third-order valence-corrected chi connectivity index (χ3v) is 4.21. The van der Waals surface area contributed by atoms with Crippen molar-refractivity contribution in [3.8, 4) is 12.3 Å². The van der Waals surface area contributed by atoms with Crippen LogP contribution in [0.15, 0.2) is 24.3 Å². The highest BCUT2D eigenvalue weighted by Crippen LogP contribution is 2.37. The van der Waals surface area contributed by atoms with Gasteiger partial charge >= 0.3 is 5.84 Å². The number of terminal acetylenes is 1. The second-order valence-electron chi connectivity index (χ2n) is 5.75. The average Bonchev–Trinajstić information content (AvgIpc) is 2.49. The molecule has 0 aliphatic carbocycles. The van der Waals surface area contributed by atoms with Gasteiger partial charge in [0.15, 0.2) is 5.54 Å². The van der Waals surface area contributed by atoms with Crippen molar-refractivity contribution in [1.82, 2.24) is 5.06 Å². The minimum absolute atomic E-state index is 0.138. The Bertz CT molecular complexity index is 577. The monoisotopic (exact) mass is 257 g/mol. The van der Waals surface area contributed by atoms with E-state index in [9.17, 15) is 10.4 Å². The number of hydroxylamine groups is 3. The van der Waals surface area contributed by atoms with E-state index in [0.717, 1.165) is 15.4 Å². The smallest absolute Gasteiger partial charge is 0.316 e. The summed E-state index contributed by atoms with van der Waals surface area (Å²) < 4.78 is 0.797. The summed E-state index contributed by atoms with van der Waals surface area (Å²) in [6.45, 7) is 7.09. The van der Waals surface area contributed by atoms with Crippen LogP contribution in [0.5, 0.6) is 0 Å². The van der Waals surface area contributed by atoms with Gasteiger partial charge in [-0.1, -0.05) is 11.0 Å². The molecule has 0 saturated heterocycles. The van der Waals surface area contributed by atoms with Gasteiger partial charge in [0.1, 0.15) is 5.54 Å². The molecule has 0 saturated carbocycles. The maximum Gasteiger partial charge on any atom is 0.316 e. The van der Waals surface area contributed by atoms with Crippen molar-refractivity contribution < 1.29 is 9.95 Å². The highest BCUT2D eigenvalue weighted by molar-refractivity contribution is 5.96. The van der Waals surface area contributed by atoms with E-state index in [1.165, 1.54) is 0 Å². The molecular formula is C15H17N2O2. The Morgan fingerprint density at radius 2 is 1.74 bits per heavy atom. The summed E-state index contributed by atoms with van der Waals surface area (Å²) in [6, 6.07) is 6.86. The number of benzene rings is 1. The van der Waals surface area contributed by atoms with Crippen LogP contribution >= 0.6 is 0 Å². The molecule has 4 nitrogen and oxygen atoms in total. The normalized spacial score (nSPS) is 20.5. The van der Waals surface area contributed by atoms with Crippen LogP contribution in [0, 0.1) is 17.6 Å². The lowest BCUT2D eigenvalue weighted by molar-refractivity contribution is -0.539. The molecule has 19 heavy (non-hydrogen) atoms. The summed E-state index contributed by atoms with van der Waals surface area (Å²) in [7, 11) is 0. The largest absolute Gasteiger partial charge is 0.714 e. The fourth-order valence-corrected chi connectivity index (χ4v) is 2.06. The molecule has 0 atom stereocenters. The lowest BCUT2D eigenvalue weighted by atomic mass is 9.84. The van der Waals surface area contributed by atoms with Gasteiger partial charge in [0, 0.05) is 10.8 Å². The van der Waals surface area contributed by atoms with Gasteiger partial charge in [0.25, 0.3) is 0 Å². The van der Waals surface area contributed by atoms with Gasteiger partial charge in [-0.05, 0) is 52.0 Å². The van der Waals surface area contributed by atoms with Crippen LogP contribution in [-0.2, 0) is 5.21 Å². The van der Waals surface area contributed by atoms with E-state index in [1.807, 2.05) is 0 Å². The summed E-state index contributed by atoms with van der Waals surface area (Å²) in [5.74, 6) is 2.64. The van der Waals surface area contributed by atoms with Crippen molar-refractivity contribution >= 4 is 5.84 Å². The van der Waals surface area contributed by atoms with Crippen LogP contribution in [0.3, 0.4) is 0 Å². The fourth-order valence-electron chi connectivity index (χ4n) is 2.06. The SMILES string of the molecule is C#Cc1ccc(C2=[N+]([O-])C(C)(C)C(C)(C)N2[O])cc1. The Kier molecular flexibility index (Phi) is 2.83. The van der Waals surface area contributed by atoms with Crippen LogP contribution in [0.1, 0.15) is 38.8 Å². The van der Waals surface area contributed by atoms with Gasteiger partial charge in [-0.15, -0.1) is 6.42 Å². The first-order valence-corrected chi connectivity index (χ1v) is 6.12. The minimum atomic E-state index is -0.797. The second kappa shape index (κ2) is 4.01. The molecule has 2 rings (SSSR count). The predicted molar refractivity (Wildman–Crippen MR) is 72.8 cm³/mol. The second-order valence-corrected chi connectivity index (χ2v) is 5.75. The average molecular weight is 257 g/mol. The molecule has 1 aliphatic heterocycles. The molecule has 4 heteroatoms.